The van der Waals surface area contributed by atoms with Crippen molar-refractivity contribution in [2.45, 2.75) is 55.4 Å². The van der Waals surface area contributed by atoms with Crippen molar-refractivity contribution in [1.82, 2.24) is 74.8 Å². The van der Waals surface area contributed by atoms with Crippen LogP contribution in [-0.4, -0.2) is 74.8 Å². The number of hydrogen-bond acceptors (Lipinski definition) is 15. The van der Waals surface area contributed by atoms with Crippen LogP contribution in [0.2, 0.25) is 0 Å². The predicted molar refractivity (Wildman–Crippen MR) is 567 cm³/mol. The van der Waals surface area contributed by atoms with Crippen molar-refractivity contribution in [2.75, 3.05) is 0 Å². The van der Waals surface area contributed by atoms with Gasteiger partial charge in [-0.25, -0.2) is 74.8 Å². The summed E-state index contributed by atoms with van der Waals surface area (Å²) in [5.74, 6) is 7.88. The molecule has 0 radical (unpaired) electrons. The minimum absolute atomic E-state index is 0.613. The zero-order valence-electron chi connectivity index (χ0n) is 78.7. The molecule has 0 aliphatic rings. The molecule has 670 valence electrons. The van der Waals surface area contributed by atoms with Crippen LogP contribution in [0.5, 0.6) is 0 Å². The number of benzene rings is 16. The third-order valence-corrected chi connectivity index (χ3v) is 24.0. The second-order valence-electron chi connectivity index (χ2n) is 34.9. The Morgan fingerprint density at radius 1 is 0.0929 bits per heavy atom. The van der Waals surface area contributed by atoms with Crippen LogP contribution in [0.4, 0.5) is 0 Å². The molecule has 0 saturated heterocycles. The molecule has 22 rings (SSSR count). The lowest BCUT2D eigenvalue weighted by atomic mass is 9.94. The summed E-state index contributed by atoms with van der Waals surface area (Å²) in [7, 11) is 0. The molecule has 6 heterocycles. The third kappa shape index (κ3) is 21.3. The summed E-state index contributed by atoms with van der Waals surface area (Å²) in [4.78, 5) is 72.8. The van der Waals surface area contributed by atoms with Gasteiger partial charge in [0.15, 0.2) is 69.9 Å². The van der Waals surface area contributed by atoms with Gasteiger partial charge >= 0.3 is 0 Å². The molecule has 0 aliphatic carbocycles. The normalized spacial score (nSPS) is 11.0. The fourth-order valence-corrected chi connectivity index (χ4v) is 17.3. The number of rotatable bonds is 19. The number of hydrogen-bond donors (Lipinski definition) is 0. The van der Waals surface area contributed by atoms with Gasteiger partial charge in [0.25, 0.3) is 0 Å². The lowest BCUT2D eigenvalue weighted by molar-refractivity contribution is 1.06. The van der Waals surface area contributed by atoms with Gasteiger partial charge in [0.2, 0.25) is 0 Å². The maximum absolute atomic E-state index is 5.05. The highest BCUT2D eigenvalue weighted by Gasteiger charge is 2.22. The van der Waals surface area contributed by atoms with Crippen LogP contribution in [-0.2, 0) is 0 Å². The first-order valence-corrected chi connectivity index (χ1v) is 46.7. The van der Waals surface area contributed by atoms with E-state index in [0.29, 0.717) is 52.4 Å². The molecule has 0 saturated carbocycles. The van der Waals surface area contributed by atoms with Crippen molar-refractivity contribution in [3.63, 3.8) is 0 Å². The van der Waals surface area contributed by atoms with E-state index in [2.05, 4.69) is 262 Å². The Morgan fingerprint density at radius 2 is 0.214 bits per heavy atom. The van der Waals surface area contributed by atoms with Crippen LogP contribution in [0.3, 0.4) is 0 Å². The van der Waals surface area contributed by atoms with Crippen LogP contribution < -0.4 is 0 Å². The minimum atomic E-state index is 0.613. The van der Waals surface area contributed by atoms with Gasteiger partial charge in [0.05, 0.1) is 0 Å². The van der Waals surface area contributed by atoms with Crippen molar-refractivity contribution >= 4 is 0 Å². The molecule has 0 bridgehead atoms. The quantitative estimate of drug-likeness (QED) is 0.0741. The smallest absolute Gasteiger partial charge is 0.164 e. The molecule has 0 unspecified atom stereocenters. The molecule has 15 nitrogen and oxygen atoms in total. The molecule has 0 atom stereocenters. The molecule has 0 amide bonds. The first-order valence-electron chi connectivity index (χ1n) is 46.7. The fourth-order valence-electron chi connectivity index (χ4n) is 17.3. The highest BCUT2D eigenvalue weighted by molar-refractivity contribution is 5.86. The van der Waals surface area contributed by atoms with Gasteiger partial charge in [-0.2, -0.15) is 0 Å². The van der Waals surface area contributed by atoms with E-state index in [9.17, 15) is 0 Å². The van der Waals surface area contributed by atoms with Crippen LogP contribution in [0.15, 0.2) is 431 Å². The van der Waals surface area contributed by atoms with Crippen molar-refractivity contribution in [2.24, 2.45) is 0 Å². The lowest BCUT2D eigenvalue weighted by Gasteiger charge is -2.13. The minimum Gasteiger partial charge on any atom is -0.233 e. The van der Waals surface area contributed by atoms with Crippen molar-refractivity contribution in [3.05, 3.63) is 476 Å². The molecule has 15 heteroatoms. The van der Waals surface area contributed by atoms with E-state index in [4.69, 9.17) is 44.9 Å². The van der Waals surface area contributed by atoms with Crippen molar-refractivity contribution in [3.8, 4) is 215 Å². The second-order valence-corrected chi connectivity index (χ2v) is 34.9. The molecular formula is C125H95N15. The van der Waals surface area contributed by atoms with E-state index in [0.717, 1.165) is 185 Å². The third-order valence-electron chi connectivity index (χ3n) is 24.0. The average Bonchev–Trinajstić information content (AvgIpc) is 0.778. The fraction of sp³-hybridized carbons (Fsp3) is 0.0640. The van der Waals surface area contributed by atoms with Crippen LogP contribution in [0.25, 0.3) is 215 Å². The Kier molecular flexibility index (Phi) is 26.2. The van der Waals surface area contributed by atoms with E-state index in [-0.39, 0.29) is 0 Å². The Balaban J connectivity index is 0.000000129. The molecular weight excluding hydrogens is 1710 g/mol. The van der Waals surface area contributed by atoms with E-state index < -0.39 is 0 Å². The van der Waals surface area contributed by atoms with Crippen molar-refractivity contribution in [1.29, 1.82) is 0 Å². The van der Waals surface area contributed by atoms with Crippen LogP contribution in [0, 0.1) is 55.4 Å². The molecule has 6 aromatic heterocycles. The highest BCUT2D eigenvalue weighted by Crippen LogP contribution is 2.41. The molecule has 0 fully saturated rings. The van der Waals surface area contributed by atoms with Gasteiger partial charge in [-0.1, -0.05) is 369 Å². The summed E-state index contributed by atoms with van der Waals surface area (Å²) in [6.45, 7) is 16.3. The number of aromatic nitrogens is 15. The summed E-state index contributed by atoms with van der Waals surface area (Å²) in [5, 5.41) is 0. The Bertz CT molecular complexity index is 7920. The van der Waals surface area contributed by atoms with Gasteiger partial charge in [0, 0.05) is 101 Å². The lowest BCUT2D eigenvalue weighted by Crippen LogP contribution is -2.00. The molecule has 0 N–H and O–H groups in total. The maximum atomic E-state index is 5.05. The SMILES string of the molecule is Cc1cc(C)cc(-c2cc(-c3ccc(-c4nc(C)cc(C)n4)cc3)cc(-c3nc(-c4ccccc4)nc(-c4ccccc4)n3)c2)c1.Cc1cc(C)nc(-c2ccc(-c3cc(-c4ccc(-c5ccccc5)cc4)cc(-c4nc(-c5ccccc5)nc(-c5ccccc5)n4)c3)cc2)n1.Cc1cc(C)nc(-c2ccc(-c3cc(-c4ccccc4)cc(-c4nc(-c5ccccc5)nc(-c5ccccc5)n4)c3)cc2)n1. The van der Waals surface area contributed by atoms with Gasteiger partial charge in [-0.05, 0) is 206 Å². The van der Waals surface area contributed by atoms with Crippen molar-refractivity contribution < 1.29 is 0 Å². The summed E-state index contributed by atoms with van der Waals surface area (Å²) in [6, 6.07) is 148. The Hall–Kier alpha value is -18.2. The van der Waals surface area contributed by atoms with Gasteiger partial charge in [0.1, 0.15) is 0 Å². The summed E-state index contributed by atoms with van der Waals surface area (Å²) in [5.41, 5.74) is 34.9. The summed E-state index contributed by atoms with van der Waals surface area (Å²) < 4.78 is 0. The predicted octanol–water partition coefficient (Wildman–Crippen LogP) is 30.1. The molecule has 0 spiro atoms. The van der Waals surface area contributed by atoms with Gasteiger partial charge in [-0.15, -0.1) is 0 Å². The maximum Gasteiger partial charge on any atom is 0.164 e. The molecule has 16 aromatic carbocycles. The second kappa shape index (κ2) is 40.9. The summed E-state index contributed by atoms with van der Waals surface area (Å²) in [6.07, 6.45) is 0. The molecule has 0 aliphatic heterocycles. The molecule has 140 heavy (non-hydrogen) atoms. The topological polar surface area (TPSA) is 193 Å². The van der Waals surface area contributed by atoms with E-state index >= 15 is 0 Å². The van der Waals surface area contributed by atoms with Crippen LogP contribution >= 0.6 is 0 Å². The van der Waals surface area contributed by atoms with E-state index in [1.807, 2.05) is 254 Å². The molecule has 22 aromatic rings. The Labute approximate surface area is 815 Å². The first-order chi connectivity index (χ1) is 68.5. The van der Waals surface area contributed by atoms with E-state index in [1.165, 1.54) is 22.3 Å². The largest absolute Gasteiger partial charge is 0.233 e. The zero-order valence-corrected chi connectivity index (χ0v) is 78.7. The number of aryl methyl sites for hydroxylation is 8. The monoisotopic (exact) mass is 1810 g/mol. The van der Waals surface area contributed by atoms with E-state index in [1.54, 1.807) is 0 Å². The standard InChI is InChI=1S/C45H33N5.C41H33N5.C39H29N5/c1-30-26-31(2)47-42(46-30)38-24-22-35(23-25-38)40-27-39(34-20-18-33(19-21-34)32-12-6-3-7-13-32)28-41(29-40)45-49-43(36-14-8-4-9-15-36)48-44(50-45)37-16-10-5-11-17-37;1-26-19-27(2)21-34(20-26)36-23-35(30-15-17-33(18-16-30)38-42-28(3)22-29(4)43-38)24-37(25-36)41-45-39(31-11-7-5-8-12-31)44-40(46-41)32-13-9-6-10-14-32;1-26-22-27(2)41-36(40-26)32-20-18-29(19-21-32)34-23-33(28-12-6-3-7-13-28)24-35(25-34)39-43-37(30-14-8-4-9-15-30)42-38(44-39)31-16-10-5-11-17-31/h3-29H,1-2H3;5-25H,1-4H3;3-25H,1-2H3. The van der Waals surface area contributed by atoms with Crippen LogP contribution in [0.1, 0.15) is 45.3 Å². The first kappa shape index (κ1) is 89.6. The van der Waals surface area contributed by atoms with Gasteiger partial charge < -0.3 is 0 Å². The highest BCUT2D eigenvalue weighted by atomic mass is 15.1. The zero-order chi connectivity index (χ0) is 95.4. The summed E-state index contributed by atoms with van der Waals surface area (Å²) >= 11 is 0. The van der Waals surface area contributed by atoms with Gasteiger partial charge in [-0.3, -0.25) is 0 Å². The number of nitrogens with zero attached hydrogens (tertiary/aromatic N) is 15. The Morgan fingerprint density at radius 3 is 0.414 bits per heavy atom. The average molecular weight is 1810 g/mol.